The smallest absolute Gasteiger partial charge is 0.417 e. The van der Waals surface area contributed by atoms with Crippen molar-refractivity contribution >= 4 is 40.8 Å². The van der Waals surface area contributed by atoms with Gasteiger partial charge in [0.1, 0.15) is 17.4 Å². The van der Waals surface area contributed by atoms with Crippen molar-refractivity contribution in [1.82, 2.24) is 19.8 Å². The zero-order chi connectivity index (χ0) is 30.4. The van der Waals surface area contributed by atoms with E-state index in [0.717, 1.165) is 24.5 Å². The van der Waals surface area contributed by atoms with Gasteiger partial charge in [-0.3, -0.25) is 4.79 Å². The first kappa shape index (κ1) is 30.5. The number of carboxylic acid groups (broad SMARTS) is 1. The molecule has 42 heavy (non-hydrogen) atoms. The maximum absolute atomic E-state index is 15.1. The van der Waals surface area contributed by atoms with Crippen LogP contribution in [0, 0.1) is 5.82 Å². The van der Waals surface area contributed by atoms with E-state index in [9.17, 15) is 14.7 Å². The number of carbonyl (C=O) groups excluding carboxylic acids is 1. The zero-order valence-corrected chi connectivity index (χ0v) is 24.7. The molecule has 2 amide bonds. The summed E-state index contributed by atoms with van der Waals surface area (Å²) >= 11 is 0. The second kappa shape index (κ2) is 13.5. The summed E-state index contributed by atoms with van der Waals surface area (Å²) in [6.45, 7) is 9.47. The molecule has 1 atom stereocenters. The molecule has 1 aliphatic heterocycles. The second-order valence-corrected chi connectivity index (χ2v) is 10.2. The molecule has 0 spiro atoms. The summed E-state index contributed by atoms with van der Waals surface area (Å²) in [5.41, 5.74) is 1.88. The van der Waals surface area contributed by atoms with E-state index in [1.165, 1.54) is 25.4 Å². The molecule has 11 nitrogen and oxygen atoms in total. The third-order valence-corrected chi connectivity index (χ3v) is 7.52. The number of nitrogens with one attached hydrogen (secondary N) is 1. The van der Waals surface area contributed by atoms with Crippen molar-refractivity contribution in [3.63, 3.8) is 0 Å². The summed E-state index contributed by atoms with van der Waals surface area (Å²) in [4.78, 5) is 40.6. The fraction of sp³-hybridized carbons (Fsp3) is 0.400. The zero-order valence-electron chi connectivity index (χ0n) is 24.7. The largest absolute Gasteiger partial charge is 0.495 e. The molecule has 2 N–H and O–H groups in total. The van der Waals surface area contributed by atoms with E-state index in [1.807, 2.05) is 18.7 Å². The molecule has 1 fully saturated rings. The molecule has 0 bridgehead atoms. The summed E-state index contributed by atoms with van der Waals surface area (Å²) in [7, 11) is 3.50. The summed E-state index contributed by atoms with van der Waals surface area (Å²) in [6.07, 6.45) is 0.290. The molecule has 12 heteroatoms. The molecule has 0 aliphatic carbocycles. The Kier molecular flexibility index (Phi) is 9.79. The summed E-state index contributed by atoms with van der Waals surface area (Å²) in [6, 6.07) is 11.5. The van der Waals surface area contributed by atoms with Crippen molar-refractivity contribution in [3.8, 4) is 5.75 Å². The first-order chi connectivity index (χ1) is 20.1. The number of anilines is 5. The van der Waals surface area contributed by atoms with Gasteiger partial charge in [-0.25, -0.2) is 19.1 Å². The number of hydrogen-bond acceptors (Lipinski definition) is 8. The van der Waals surface area contributed by atoms with Crippen LogP contribution in [0.3, 0.4) is 0 Å². The lowest BCUT2D eigenvalue weighted by Crippen LogP contribution is -2.50. The number of amides is 2. The highest BCUT2D eigenvalue weighted by Gasteiger charge is 2.25. The average Bonchev–Trinajstić information content (AvgIpc) is 2.96. The van der Waals surface area contributed by atoms with Crippen LogP contribution in [0.2, 0.25) is 0 Å². The van der Waals surface area contributed by atoms with E-state index in [4.69, 9.17) is 4.74 Å². The van der Waals surface area contributed by atoms with Crippen LogP contribution in [0.15, 0.2) is 48.7 Å². The highest BCUT2D eigenvalue weighted by molar-refractivity contribution is 5.95. The SMILES string of the molecule is CCN(CC)C(=O)Cc1ccc(N(C(=O)O)c2ccnc(Nc3ccc(N4CCN(C)C(C)C4)c(F)c3)n2)c(OC)c1. The topological polar surface area (TPSA) is 114 Å². The minimum absolute atomic E-state index is 0.0287. The first-order valence-electron chi connectivity index (χ1n) is 14.0. The average molecular weight is 580 g/mol. The lowest BCUT2D eigenvalue weighted by atomic mass is 10.1. The van der Waals surface area contributed by atoms with Gasteiger partial charge in [-0.15, -0.1) is 0 Å². The Labute approximate surface area is 245 Å². The Morgan fingerprint density at radius 2 is 1.90 bits per heavy atom. The van der Waals surface area contributed by atoms with E-state index in [0.29, 0.717) is 36.1 Å². The first-order valence-corrected chi connectivity index (χ1v) is 14.0. The number of halogens is 1. The number of hydrogen-bond donors (Lipinski definition) is 2. The Morgan fingerprint density at radius 1 is 1.14 bits per heavy atom. The number of benzene rings is 2. The van der Waals surface area contributed by atoms with Crippen molar-refractivity contribution in [2.24, 2.45) is 0 Å². The molecule has 1 aliphatic rings. The third kappa shape index (κ3) is 6.88. The fourth-order valence-corrected chi connectivity index (χ4v) is 4.98. The number of methoxy groups -OCH3 is 1. The maximum atomic E-state index is 15.1. The van der Waals surface area contributed by atoms with Crippen LogP contribution in [-0.4, -0.2) is 89.8 Å². The number of carbonyl (C=O) groups is 2. The van der Waals surface area contributed by atoms with Crippen LogP contribution in [-0.2, 0) is 11.2 Å². The molecule has 1 unspecified atom stereocenters. The van der Waals surface area contributed by atoms with Crippen LogP contribution < -0.4 is 19.9 Å². The Morgan fingerprint density at radius 3 is 2.55 bits per heavy atom. The molecule has 1 saturated heterocycles. The van der Waals surface area contributed by atoms with Gasteiger partial charge >= 0.3 is 6.09 Å². The predicted molar refractivity (Wildman–Crippen MR) is 161 cm³/mol. The molecule has 0 radical (unpaired) electrons. The van der Waals surface area contributed by atoms with Gasteiger partial charge in [0.2, 0.25) is 11.9 Å². The molecule has 0 saturated carbocycles. The molecule has 224 valence electrons. The van der Waals surface area contributed by atoms with E-state index in [2.05, 4.69) is 34.2 Å². The quantitative estimate of drug-likeness (QED) is 0.352. The molecule has 2 heterocycles. The number of nitrogens with zero attached hydrogens (tertiary/aromatic N) is 6. The second-order valence-electron chi connectivity index (χ2n) is 10.2. The van der Waals surface area contributed by atoms with E-state index < -0.39 is 6.09 Å². The van der Waals surface area contributed by atoms with Crippen molar-refractivity contribution in [2.45, 2.75) is 33.2 Å². The van der Waals surface area contributed by atoms with Gasteiger partial charge in [-0.1, -0.05) is 6.07 Å². The van der Waals surface area contributed by atoms with Gasteiger partial charge in [0.05, 0.1) is 24.9 Å². The Balaban J connectivity index is 1.55. The summed E-state index contributed by atoms with van der Waals surface area (Å²) in [5, 5.41) is 13.1. The molecule has 4 rings (SSSR count). The normalized spacial score (nSPS) is 15.3. The summed E-state index contributed by atoms with van der Waals surface area (Å²) < 4.78 is 20.6. The van der Waals surface area contributed by atoms with Crippen LogP contribution in [0.5, 0.6) is 5.75 Å². The van der Waals surface area contributed by atoms with E-state index >= 15 is 4.39 Å². The lowest BCUT2D eigenvalue weighted by Gasteiger charge is -2.39. The van der Waals surface area contributed by atoms with Crippen LogP contribution in [0.4, 0.5) is 38.0 Å². The van der Waals surface area contributed by atoms with Gasteiger partial charge in [0.15, 0.2) is 0 Å². The van der Waals surface area contributed by atoms with Crippen molar-refractivity contribution in [2.75, 3.05) is 62.0 Å². The van der Waals surface area contributed by atoms with Gasteiger partial charge in [0.25, 0.3) is 0 Å². The highest BCUT2D eigenvalue weighted by Crippen LogP contribution is 2.35. The minimum atomic E-state index is -1.29. The van der Waals surface area contributed by atoms with E-state index in [1.54, 1.807) is 35.2 Å². The van der Waals surface area contributed by atoms with Gasteiger partial charge in [-0.05, 0) is 63.7 Å². The van der Waals surface area contributed by atoms with Gasteiger partial charge in [0, 0.05) is 56.7 Å². The van der Waals surface area contributed by atoms with Crippen LogP contribution in [0.25, 0.3) is 0 Å². The van der Waals surface area contributed by atoms with Gasteiger partial charge in [-0.2, -0.15) is 4.98 Å². The van der Waals surface area contributed by atoms with Crippen LogP contribution >= 0.6 is 0 Å². The molecule has 2 aromatic carbocycles. The molecular formula is C30H38FN7O4. The minimum Gasteiger partial charge on any atom is -0.495 e. The number of ether oxygens (including phenoxy) is 1. The fourth-order valence-electron chi connectivity index (χ4n) is 4.98. The van der Waals surface area contributed by atoms with Crippen LogP contribution in [0.1, 0.15) is 26.3 Å². The maximum Gasteiger partial charge on any atom is 0.417 e. The number of aromatic nitrogens is 2. The number of likely N-dealkylation sites (N-methyl/N-ethyl adjacent to an activating group) is 2. The van der Waals surface area contributed by atoms with Crippen molar-refractivity contribution < 1.29 is 23.8 Å². The number of rotatable bonds is 10. The lowest BCUT2D eigenvalue weighted by molar-refractivity contribution is -0.130. The van der Waals surface area contributed by atoms with E-state index in [-0.39, 0.29) is 41.3 Å². The monoisotopic (exact) mass is 579 g/mol. The van der Waals surface area contributed by atoms with Crippen molar-refractivity contribution in [1.29, 1.82) is 0 Å². The van der Waals surface area contributed by atoms with Crippen molar-refractivity contribution in [3.05, 3.63) is 60.0 Å². The Bertz CT molecular complexity index is 1420. The number of piperazine rings is 1. The Hall–Kier alpha value is -4.45. The molecular weight excluding hydrogens is 541 g/mol. The van der Waals surface area contributed by atoms with Gasteiger partial charge < -0.3 is 29.9 Å². The molecule has 1 aromatic heterocycles. The predicted octanol–water partition coefficient (Wildman–Crippen LogP) is 4.74. The summed E-state index contributed by atoms with van der Waals surface area (Å²) in [5.74, 6) is 0.0305. The highest BCUT2D eigenvalue weighted by atomic mass is 19.1. The third-order valence-electron chi connectivity index (χ3n) is 7.52. The standard InChI is InChI=1S/C30H38FN7O4/c1-6-36(7-2)28(39)17-21-8-10-25(26(16-21)42-5)38(30(40)41)27-12-13-32-29(34-27)33-22-9-11-24(23(31)18-22)37-15-14-35(4)20(3)19-37/h8-13,16,18,20H,6-7,14-15,17,19H2,1-5H3,(H,40,41)(H,32,33,34). The molecule has 3 aromatic rings.